The topological polar surface area (TPSA) is 109 Å². The van der Waals surface area contributed by atoms with Crippen LogP contribution in [0.15, 0.2) is 95.9 Å². The van der Waals surface area contributed by atoms with Crippen molar-refractivity contribution in [3.63, 3.8) is 0 Å². The molecule has 1 heterocycles. The van der Waals surface area contributed by atoms with E-state index in [1.165, 1.54) is 11.3 Å². The smallest absolute Gasteiger partial charge is 0.241 e. The van der Waals surface area contributed by atoms with Gasteiger partial charge in [0.1, 0.15) is 10.8 Å². The zero-order valence-corrected chi connectivity index (χ0v) is 23.0. The molecule has 0 spiro atoms. The van der Waals surface area contributed by atoms with Crippen LogP contribution >= 0.6 is 34.5 Å². The Balaban J connectivity index is 1.52. The summed E-state index contributed by atoms with van der Waals surface area (Å²) in [6.45, 7) is 0. The number of hydrogen-bond acceptors (Lipinski definition) is 5. The molecule has 1 aromatic heterocycles. The summed E-state index contributed by atoms with van der Waals surface area (Å²) < 4.78 is 31.2. The molecule has 5 aromatic rings. The Bertz CT molecular complexity index is 1740. The third-order valence-electron chi connectivity index (χ3n) is 5.97. The predicted octanol–water partition coefficient (Wildman–Crippen LogP) is 6.82. The Morgan fingerprint density at radius 3 is 2.53 bits per heavy atom. The first-order valence-electron chi connectivity index (χ1n) is 11.6. The van der Waals surface area contributed by atoms with E-state index in [1.54, 1.807) is 60.7 Å². The van der Waals surface area contributed by atoms with E-state index in [9.17, 15) is 8.42 Å². The lowest BCUT2D eigenvalue weighted by atomic mass is 10.0. The van der Waals surface area contributed by atoms with Crippen molar-refractivity contribution in [2.24, 2.45) is 5.73 Å². The Kier molecular flexibility index (Phi) is 7.52. The summed E-state index contributed by atoms with van der Waals surface area (Å²) in [5.74, 6) is -0.0540. The number of benzene rings is 4. The second-order valence-electron chi connectivity index (χ2n) is 8.66. The zero-order valence-electron chi connectivity index (χ0n) is 19.9. The first-order valence-corrected chi connectivity index (χ1v) is 14.6. The minimum atomic E-state index is -3.96. The van der Waals surface area contributed by atoms with Gasteiger partial charge >= 0.3 is 0 Å². The molecule has 4 aromatic carbocycles. The number of fused-ring (bicyclic) bond motifs is 1. The lowest BCUT2D eigenvalue weighted by molar-refractivity contribution is 0.554. The number of para-hydroxylation sites is 1. The Hall–Kier alpha value is -3.27. The summed E-state index contributed by atoms with van der Waals surface area (Å²) in [5.41, 5.74) is 9.20. The van der Waals surface area contributed by atoms with Crippen molar-refractivity contribution < 1.29 is 8.42 Å². The van der Waals surface area contributed by atoms with Crippen LogP contribution in [-0.2, 0) is 16.4 Å². The molecule has 38 heavy (non-hydrogen) atoms. The summed E-state index contributed by atoms with van der Waals surface area (Å²) >= 11 is 13.9. The lowest BCUT2D eigenvalue weighted by Gasteiger charge is -2.18. The first kappa shape index (κ1) is 26.3. The molecule has 0 aliphatic heterocycles. The largest absolute Gasteiger partial charge is 0.384 e. The fourth-order valence-electron chi connectivity index (χ4n) is 4.13. The van der Waals surface area contributed by atoms with Crippen LogP contribution in [-0.4, -0.2) is 19.2 Å². The van der Waals surface area contributed by atoms with Gasteiger partial charge in [-0.1, -0.05) is 71.7 Å². The lowest BCUT2D eigenvalue weighted by Crippen LogP contribution is -2.30. The number of rotatable bonds is 8. The molecular weight excluding hydrogens is 559 g/mol. The molecule has 0 fully saturated rings. The van der Waals surface area contributed by atoms with E-state index >= 15 is 0 Å². The van der Waals surface area contributed by atoms with Crippen LogP contribution in [0, 0.1) is 5.41 Å². The van der Waals surface area contributed by atoms with E-state index < -0.39 is 16.1 Å². The van der Waals surface area contributed by atoms with Crippen LogP contribution in [0.3, 0.4) is 0 Å². The maximum atomic E-state index is 13.7. The minimum absolute atomic E-state index is 0.0540. The van der Waals surface area contributed by atoms with E-state index in [2.05, 4.69) is 4.72 Å². The van der Waals surface area contributed by atoms with Crippen molar-refractivity contribution in [2.75, 3.05) is 0 Å². The van der Waals surface area contributed by atoms with Crippen molar-refractivity contribution in [3.8, 4) is 11.1 Å². The normalized spacial score (nSPS) is 12.5. The molecule has 0 bridgehead atoms. The van der Waals surface area contributed by atoms with Crippen LogP contribution in [0.1, 0.15) is 22.2 Å². The highest BCUT2D eigenvalue weighted by Gasteiger charge is 2.25. The predicted molar refractivity (Wildman–Crippen MR) is 156 cm³/mol. The first-order chi connectivity index (χ1) is 18.2. The van der Waals surface area contributed by atoms with Gasteiger partial charge in [-0.2, -0.15) is 0 Å². The van der Waals surface area contributed by atoms with Crippen LogP contribution < -0.4 is 10.5 Å². The number of hydrogen-bond donors (Lipinski definition) is 3. The van der Waals surface area contributed by atoms with Crippen molar-refractivity contribution in [1.82, 2.24) is 9.71 Å². The number of thiazole rings is 1. The van der Waals surface area contributed by atoms with Crippen molar-refractivity contribution in [2.45, 2.75) is 17.4 Å². The molecule has 0 radical (unpaired) electrons. The van der Waals surface area contributed by atoms with Crippen LogP contribution in [0.5, 0.6) is 0 Å². The van der Waals surface area contributed by atoms with E-state index in [1.807, 2.05) is 30.3 Å². The summed E-state index contributed by atoms with van der Waals surface area (Å²) in [5, 5.41) is 9.33. The van der Waals surface area contributed by atoms with Gasteiger partial charge in [-0.25, -0.2) is 18.1 Å². The van der Waals surface area contributed by atoms with Gasteiger partial charge in [0.2, 0.25) is 10.0 Å². The van der Waals surface area contributed by atoms with Crippen LogP contribution in [0.2, 0.25) is 10.0 Å². The number of nitrogens with two attached hydrogens (primary N) is 1. The van der Waals surface area contributed by atoms with Gasteiger partial charge in [-0.15, -0.1) is 11.3 Å². The Morgan fingerprint density at radius 1 is 0.974 bits per heavy atom. The molecule has 0 saturated carbocycles. The summed E-state index contributed by atoms with van der Waals surface area (Å²) in [6, 6.07) is 25.9. The Labute approximate surface area is 234 Å². The van der Waals surface area contributed by atoms with Gasteiger partial charge in [0, 0.05) is 21.2 Å². The van der Waals surface area contributed by atoms with Gasteiger partial charge in [0.05, 0.1) is 21.2 Å². The molecule has 0 saturated heterocycles. The second-order valence-corrected chi connectivity index (χ2v) is 12.3. The number of nitrogen functional groups attached to an aromatic ring is 1. The van der Waals surface area contributed by atoms with E-state index in [-0.39, 0.29) is 10.7 Å². The molecule has 1 unspecified atom stereocenters. The zero-order chi connectivity index (χ0) is 26.9. The minimum Gasteiger partial charge on any atom is -0.384 e. The van der Waals surface area contributed by atoms with Crippen molar-refractivity contribution in [3.05, 3.63) is 117 Å². The van der Waals surface area contributed by atoms with E-state index in [0.717, 1.165) is 15.8 Å². The molecule has 1 atom stereocenters. The number of nitrogens with one attached hydrogen (secondary N) is 2. The molecular formula is C28H22Cl2N4O2S2. The highest BCUT2D eigenvalue weighted by atomic mass is 35.5. The molecule has 5 rings (SSSR count). The van der Waals surface area contributed by atoms with Gasteiger partial charge in [-0.05, 0) is 60.0 Å². The summed E-state index contributed by atoms with van der Waals surface area (Å²) in [4.78, 5) is 4.83. The molecule has 6 nitrogen and oxygen atoms in total. The monoisotopic (exact) mass is 580 g/mol. The number of aromatic nitrogens is 1. The highest BCUT2D eigenvalue weighted by Crippen LogP contribution is 2.33. The van der Waals surface area contributed by atoms with Gasteiger partial charge < -0.3 is 5.73 Å². The molecule has 4 N–H and O–H groups in total. The third-order valence-corrected chi connectivity index (χ3v) is 9.14. The maximum absolute atomic E-state index is 13.7. The number of sulfonamides is 1. The quantitative estimate of drug-likeness (QED) is 0.138. The highest BCUT2D eigenvalue weighted by molar-refractivity contribution is 7.89. The molecule has 10 heteroatoms. The number of halogens is 2. The fraction of sp³-hybridized carbons (Fsp3) is 0.0714. The SMILES string of the molecule is N=C(N)c1cccc(CC(NS(=O)(=O)c2cccc(-c3ccc(Cl)cc3Cl)c2)c2nc3ccccc3s2)c1. The van der Waals surface area contributed by atoms with Crippen molar-refractivity contribution in [1.29, 1.82) is 5.41 Å². The van der Waals surface area contributed by atoms with Gasteiger partial charge in [-0.3, -0.25) is 5.41 Å². The average Bonchev–Trinajstić information content (AvgIpc) is 3.33. The van der Waals surface area contributed by atoms with E-state index in [0.29, 0.717) is 38.2 Å². The average molecular weight is 582 g/mol. The second kappa shape index (κ2) is 10.8. The van der Waals surface area contributed by atoms with E-state index in [4.69, 9.17) is 39.3 Å². The maximum Gasteiger partial charge on any atom is 0.241 e. The van der Waals surface area contributed by atoms with Crippen LogP contribution in [0.25, 0.3) is 21.3 Å². The van der Waals surface area contributed by atoms with Gasteiger partial charge in [0.25, 0.3) is 0 Å². The number of nitrogens with zero attached hydrogens (tertiary/aromatic N) is 1. The van der Waals surface area contributed by atoms with Crippen LogP contribution in [0.4, 0.5) is 0 Å². The van der Waals surface area contributed by atoms with Crippen molar-refractivity contribution >= 4 is 60.6 Å². The van der Waals surface area contributed by atoms with Gasteiger partial charge in [0.15, 0.2) is 0 Å². The fourth-order valence-corrected chi connectivity index (χ4v) is 6.99. The summed E-state index contributed by atoms with van der Waals surface area (Å²) in [6.07, 6.45) is 0.322. The molecule has 0 aliphatic carbocycles. The standard InChI is InChI=1S/C28H22Cl2N4O2S2/c29-20-11-12-22(23(30)16-20)18-6-4-8-21(15-18)38(35,36)34-25(14-17-5-3-7-19(13-17)27(31)32)28-33-24-9-1-2-10-26(24)37-28/h1-13,15-16,25,34H,14H2,(H3,31,32). The Morgan fingerprint density at radius 2 is 1.76 bits per heavy atom. The molecule has 0 amide bonds. The molecule has 0 aliphatic rings. The summed E-state index contributed by atoms with van der Waals surface area (Å²) in [7, 11) is -3.96. The molecule has 192 valence electrons. The third kappa shape index (κ3) is 5.75. The number of amidine groups is 1.